The SMILES string of the molecule is CN(CCC(F)(F)F)CC(=O)N1CCN(S(=O)(=O)c2ccc(Cl)s2)CC1. The number of likely N-dealkylation sites (N-methyl/N-ethyl adjacent to an activating group) is 1. The van der Waals surface area contributed by atoms with Crippen LogP contribution in [0, 0.1) is 0 Å². The maximum atomic E-state index is 12.5. The fourth-order valence-electron chi connectivity index (χ4n) is 2.47. The monoisotopic (exact) mass is 433 g/mol. The molecular weight excluding hydrogens is 415 g/mol. The summed E-state index contributed by atoms with van der Waals surface area (Å²) in [4.78, 5) is 15.0. The van der Waals surface area contributed by atoms with Crippen LogP contribution in [0.2, 0.25) is 4.34 Å². The second kappa shape index (κ2) is 8.42. The van der Waals surface area contributed by atoms with Gasteiger partial charge in [0.2, 0.25) is 5.91 Å². The molecule has 0 radical (unpaired) electrons. The number of hydrogen-bond donors (Lipinski definition) is 0. The summed E-state index contributed by atoms with van der Waals surface area (Å²) in [7, 11) is -2.20. The van der Waals surface area contributed by atoms with Gasteiger partial charge in [0.05, 0.1) is 17.3 Å². The van der Waals surface area contributed by atoms with Gasteiger partial charge < -0.3 is 4.90 Å². The first-order valence-electron chi connectivity index (χ1n) is 7.77. The molecule has 1 fully saturated rings. The lowest BCUT2D eigenvalue weighted by atomic mass is 10.3. The van der Waals surface area contributed by atoms with Crippen molar-refractivity contribution in [2.45, 2.75) is 16.8 Å². The third kappa shape index (κ3) is 5.81. The maximum Gasteiger partial charge on any atom is 0.390 e. The molecule has 12 heteroatoms. The number of alkyl halides is 3. The van der Waals surface area contributed by atoms with E-state index in [9.17, 15) is 26.4 Å². The van der Waals surface area contributed by atoms with Crippen molar-refractivity contribution in [2.24, 2.45) is 0 Å². The van der Waals surface area contributed by atoms with Crippen molar-refractivity contribution < 1.29 is 26.4 Å². The van der Waals surface area contributed by atoms with Crippen LogP contribution in [0.15, 0.2) is 16.3 Å². The Morgan fingerprint density at radius 3 is 2.38 bits per heavy atom. The Kier molecular flexibility index (Phi) is 6.94. The van der Waals surface area contributed by atoms with Gasteiger partial charge in [-0.2, -0.15) is 17.5 Å². The number of halogens is 4. The van der Waals surface area contributed by atoms with Gasteiger partial charge in [-0.3, -0.25) is 9.69 Å². The number of nitrogens with zero attached hydrogens (tertiary/aromatic N) is 3. The zero-order chi connectivity index (χ0) is 19.5. The summed E-state index contributed by atoms with van der Waals surface area (Å²) < 4.78 is 63.4. The van der Waals surface area contributed by atoms with Crippen LogP contribution >= 0.6 is 22.9 Å². The first-order valence-corrected chi connectivity index (χ1v) is 10.4. The molecule has 1 saturated heterocycles. The highest BCUT2D eigenvalue weighted by Gasteiger charge is 2.32. The van der Waals surface area contributed by atoms with Gasteiger partial charge in [-0.15, -0.1) is 11.3 Å². The lowest BCUT2D eigenvalue weighted by molar-refractivity contribution is -0.141. The zero-order valence-electron chi connectivity index (χ0n) is 14.0. The van der Waals surface area contributed by atoms with Crippen LogP contribution in [0.5, 0.6) is 0 Å². The smallest absolute Gasteiger partial charge is 0.339 e. The number of carbonyl (C=O) groups is 1. The van der Waals surface area contributed by atoms with Crippen molar-refractivity contribution in [3.05, 3.63) is 16.5 Å². The van der Waals surface area contributed by atoms with Gasteiger partial charge in [0.25, 0.3) is 10.0 Å². The summed E-state index contributed by atoms with van der Waals surface area (Å²) in [6.45, 7) is 0.270. The Morgan fingerprint density at radius 1 is 1.27 bits per heavy atom. The third-order valence-electron chi connectivity index (χ3n) is 3.92. The lowest BCUT2D eigenvalue weighted by Crippen LogP contribution is -2.52. The summed E-state index contributed by atoms with van der Waals surface area (Å²) in [5.41, 5.74) is 0. The minimum absolute atomic E-state index is 0.135. The second-order valence-electron chi connectivity index (χ2n) is 5.95. The standard InChI is InChI=1S/C14H19ClF3N3O3S2/c1-19(5-4-14(16,17)18)10-12(22)20-6-8-21(9-7-20)26(23,24)13-3-2-11(15)25-13/h2-3H,4-10H2,1H3. The molecule has 1 amide bonds. The van der Waals surface area contributed by atoms with E-state index in [2.05, 4.69) is 0 Å². The Labute approximate surface area is 159 Å². The van der Waals surface area contributed by atoms with Crippen molar-refractivity contribution >= 4 is 38.9 Å². The number of carbonyl (C=O) groups excluding carboxylic acids is 1. The first-order chi connectivity index (χ1) is 12.0. The van der Waals surface area contributed by atoms with E-state index in [0.29, 0.717) is 4.34 Å². The molecule has 26 heavy (non-hydrogen) atoms. The number of piperazine rings is 1. The van der Waals surface area contributed by atoms with E-state index >= 15 is 0 Å². The normalized spacial score (nSPS) is 17.1. The first kappa shape index (κ1) is 21.4. The van der Waals surface area contributed by atoms with Gasteiger partial charge in [-0.25, -0.2) is 8.42 Å². The molecule has 0 atom stereocenters. The molecule has 0 N–H and O–H groups in total. The molecule has 0 aromatic carbocycles. The molecule has 0 aliphatic carbocycles. The Bertz CT molecular complexity index is 731. The molecule has 0 unspecified atom stereocenters. The Hall–Kier alpha value is -0.880. The summed E-state index contributed by atoms with van der Waals surface area (Å²) in [5, 5.41) is 0. The molecule has 1 aromatic rings. The van der Waals surface area contributed by atoms with E-state index in [0.717, 1.165) is 11.3 Å². The quantitative estimate of drug-likeness (QED) is 0.689. The Morgan fingerprint density at radius 2 is 1.88 bits per heavy atom. The minimum Gasteiger partial charge on any atom is -0.339 e. The molecule has 1 aliphatic heterocycles. The largest absolute Gasteiger partial charge is 0.390 e. The molecule has 0 spiro atoms. The summed E-state index contributed by atoms with van der Waals surface area (Å²) in [6.07, 6.45) is -5.24. The highest BCUT2D eigenvalue weighted by atomic mass is 35.5. The minimum atomic E-state index is -4.26. The molecule has 1 aromatic heterocycles. The van der Waals surface area contributed by atoms with E-state index in [-0.39, 0.29) is 49.4 Å². The number of sulfonamides is 1. The molecule has 2 heterocycles. The van der Waals surface area contributed by atoms with Crippen molar-refractivity contribution in [1.82, 2.24) is 14.1 Å². The highest BCUT2D eigenvalue weighted by Crippen LogP contribution is 2.28. The van der Waals surface area contributed by atoms with Crippen LogP contribution in [0.3, 0.4) is 0 Å². The van der Waals surface area contributed by atoms with Crippen molar-refractivity contribution in [3.63, 3.8) is 0 Å². The van der Waals surface area contributed by atoms with E-state index in [1.807, 2.05) is 0 Å². The topological polar surface area (TPSA) is 60.9 Å². The third-order valence-corrected chi connectivity index (χ3v) is 7.51. The van der Waals surface area contributed by atoms with Crippen LogP contribution in [-0.4, -0.2) is 80.9 Å². The fourth-order valence-corrected chi connectivity index (χ4v) is 5.53. The van der Waals surface area contributed by atoms with Crippen LogP contribution in [0.4, 0.5) is 13.2 Å². The number of thiophene rings is 1. The van der Waals surface area contributed by atoms with Crippen LogP contribution < -0.4 is 0 Å². The second-order valence-corrected chi connectivity index (χ2v) is 9.83. The van der Waals surface area contributed by atoms with Crippen molar-refractivity contribution in [2.75, 3.05) is 46.3 Å². The predicted molar refractivity (Wildman–Crippen MR) is 92.8 cm³/mol. The number of amides is 1. The summed E-state index contributed by atoms with van der Waals surface area (Å²) >= 11 is 6.75. The van der Waals surface area contributed by atoms with Gasteiger partial charge in [0.15, 0.2) is 0 Å². The number of hydrogen-bond acceptors (Lipinski definition) is 5. The van der Waals surface area contributed by atoms with Gasteiger partial charge in [-0.1, -0.05) is 11.6 Å². The predicted octanol–water partition coefficient (Wildman–Crippen LogP) is 2.12. The molecular formula is C14H19ClF3N3O3S2. The summed E-state index contributed by atoms with van der Waals surface area (Å²) in [6, 6.07) is 2.95. The van der Waals surface area contributed by atoms with Gasteiger partial charge >= 0.3 is 6.18 Å². The van der Waals surface area contributed by atoms with Crippen molar-refractivity contribution in [3.8, 4) is 0 Å². The molecule has 0 bridgehead atoms. The van der Waals surface area contributed by atoms with Gasteiger partial charge in [-0.05, 0) is 19.2 Å². The molecule has 2 rings (SSSR count). The lowest BCUT2D eigenvalue weighted by Gasteiger charge is -2.34. The highest BCUT2D eigenvalue weighted by molar-refractivity contribution is 7.91. The number of rotatable bonds is 6. The summed E-state index contributed by atoms with van der Waals surface area (Å²) in [5.74, 6) is -0.314. The molecule has 6 nitrogen and oxygen atoms in total. The van der Waals surface area contributed by atoms with E-state index in [4.69, 9.17) is 11.6 Å². The van der Waals surface area contributed by atoms with E-state index in [1.165, 1.54) is 33.3 Å². The van der Waals surface area contributed by atoms with Gasteiger partial charge in [0, 0.05) is 32.7 Å². The van der Waals surface area contributed by atoms with Crippen LogP contribution in [-0.2, 0) is 14.8 Å². The van der Waals surface area contributed by atoms with Crippen molar-refractivity contribution in [1.29, 1.82) is 0 Å². The van der Waals surface area contributed by atoms with Crippen LogP contribution in [0.25, 0.3) is 0 Å². The molecule has 1 aliphatic rings. The maximum absolute atomic E-state index is 12.5. The molecule has 148 valence electrons. The zero-order valence-corrected chi connectivity index (χ0v) is 16.4. The Balaban J connectivity index is 1.85. The van der Waals surface area contributed by atoms with Crippen LogP contribution in [0.1, 0.15) is 6.42 Å². The van der Waals surface area contributed by atoms with E-state index in [1.54, 1.807) is 0 Å². The van der Waals surface area contributed by atoms with E-state index < -0.39 is 22.6 Å². The molecule has 0 saturated carbocycles. The average Bonchev–Trinajstić information content (AvgIpc) is 3.00. The average molecular weight is 434 g/mol. The van der Waals surface area contributed by atoms with Gasteiger partial charge in [0.1, 0.15) is 4.21 Å². The fraction of sp³-hybridized carbons (Fsp3) is 0.643.